The summed E-state index contributed by atoms with van der Waals surface area (Å²) >= 11 is -3.65. The van der Waals surface area contributed by atoms with Crippen LogP contribution in [0, 0.1) is 5.92 Å². The Labute approximate surface area is 167 Å². The zero-order chi connectivity index (χ0) is 21.3. The van der Waals surface area contributed by atoms with Crippen molar-refractivity contribution in [2.24, 2.45) is 5.92 Å². The number of rotatable bonds is 8. The standard InChI is InChI=1S/C15H31NO6Si.2H2O.O.Os/c1-14(18)8-7-12(11-15(14,2)19)13(17)16-9-6-10-23(20-3,21-4)22-5;;;;/h12,18-19H,6-11H2,1-5H3,(H,16,17);2*1H2;;/q;;;;+2/p-2. The average molecular weight is 590 g/mol. The molecular weight excluding hydrogens is 556 g/mol. The van der Waals surface area contributed by atoms with Crippen LogP contribution in [0.3, 0.4) is 0 Å². The van der Waals surface area contributed by atoms with Gasteiger partial charge in [0.15, 0.2) is 0 Å². The van der Waals surface area contributed by atoms with Crippen LogP contribution in [0.25, 0.3) is 0 Å². The van der Waals surface area contributed by atoms with Crippen molar-refractivity contribution in [3.63, 3.8) is 0 Å². The molecule has 0 aromatic rings. The molecule has 3 atom stereocenters. The van der Waals surface area contributed by atoms with Gasteiger partial charge in [0.25, 0.3) is 0 Å². The van der Waals surface area contributed by atoms with E-state index in [-0.39, 0.29) is 18.2 Å². The molecule has 1 rings (SSSR count). The van der Waals surface area contributed by atoms with E-state index in [1.54, 1.807) is 35.2 Å². The number of amides is 1. The van der Waals surface area contributed by atoms with Crippen LogP contribution in [0.1, 0.15) is 39.5 Å². The molecule has 0 spiro atoms. The van der Waals surface area contributed by atoms with Crippen LogP contribution >= 0.6 is 0 Å². The Morgan fingerprint density at radius 3 is 2.04 bits per heavy atom. The first-order chi connectivity index (χ1) is 12.4. The third-order valence-electron chi connectivity index (χ3n) is 5.05. The van der Waals surface area contributed by atoms with Crippen LogP contribution in [-0.4, -0.2) is 71.8 Å². The second-order valence-electron chi connectivity index (χ2n) is 6.88. The van der Waals surface area contributed by atoms with Crippen LogP contribution in [0.5, 0.6) is 0 Å². The van der Waals surface area contributed by atoms with Gasteiger partial charge < -0.3 is 28.8 Å². The first-order valence-corrected chi connectivity index (χ1v) is 13.7. The summed E-state index contributed by atoms with van der Waals surface area (Å²) in [6.45, 7) is 3.70. The Morgan fingerprint density at radius 1 is 1.15 bits per heavy atom. The Morgan fingerprint density at radius 2 is 1.63 bits per heavy atom. The van der Waals surface area contributed by atoms with Crippen molar-refractivity contribution in [3.05, 3.63) is 0 Å². The van der Waals surface area contributed by atoms with E-state index in [0.717, 1.165) is 0 Å². The second kappa shape index (κ2) is 11.8. The maximum absolute atomic E-state index is 12.2. The van der Waals surface area contributed by atoms with Gasteiger partial charge in [-0.2, -0.15) is 0 Å². The Balaban J connectivity index is 0.00000153. The number of carbonyl (C=O) groups is 1. The molecule has 0 aromatic carbocycles. The summed E-state index contributed by atoms with van der Waals surface area (Å²) in [5.74, 6) is -0.361. The minimum atomic E-state index is -3.65. The molecule has 5 N–H and O–H groups in total. The zero-order valence-corrected chi connectivity index (χ0v) is 20.0. The van der Waals surface area contributed by atoms with Gasteiger partial charge >= 0.3 is 37.0 Å². The molecule has 1 amide bonds. The Bertz CT molecular complexity index is 474. The fraction of sp³-hybridized carbons (Fsp3) is 0.933. The van der Waals surface area contributed by atoms with Crippen molar-refractivity contribution in [2.75, 3.05) is 27.9 Å². The van der Waals surface area contributed by atoms with E-state index in [4.69, 9.17) is 24.6 Å². The number of carbonyl (C=O) groups excluding carboxylic acids is 1. The van der Waals surface area contributed by atoms with Gasteiger partial charge in [0.2, 0.25) is 5.91 Å². The Kier molecular flexibility index (Phi) is 11.7. The van der Waals surface area contributed by atoms with E-state index in [0.29, 0.717) is 31.9 Å². The van der Waals surface area contributed by atoms with Crippen molar-refractivity contribution in [3.8, 4) is 0 Å². The molecule has 0 aromatic heterocycles. The summed E-state index contributed by atoms with van der Waals surface area (Å²) in [6.07, 6.45) is 1.93. The van der Waals surface area contributed by atoms with E-state index in [1.165, 1.54) is 0 Å². The van der Waals surface area contributed by atoms with E-state index in [2.05, 4.69) is 5.32 Å². The van der Waals surface area contributed by atoms with E-state index in [1.807, 2.05) is 0 Å². The van der Waals surface area contributed by atoms with E-state index < -0.39 is 36.9 Å². The van der Waals surface area contributed by atoms with Crippen LogP contribution in [-0.2, 0) is 38.5 Å². The first kappa shape index (κ1) is 26.8. The summed E-state index contributed by atoms with van der Waals surface area (Å²) in [7, 11) is 2.09. The molecule has 12 heteroatoms. The quantitative estimate of drug-likeness (QED) is 0.185. The molecule has 164 valence electrons. The SMILES string of the molecule is CO[Si](CCCNC(=O)C1CCC(C)(O)C(C)(O)C1)(OC)OC.[O]=[Os]([OH])[OH]. The molecule has 0 radical (unpaired) electrons. The number of aliphatic hydroxyl groups is 2. The summed E-state index contributed by atoms with van der Waals surface area (Å²) in [5, 5.41) is 23.4. The first-order valence-electron chi connectivity index (χ1n) is 8.47. The van der Waals surface area contributed by atoms with Crippen LogP contribution in [0.15, 0.2) is 0 Å². The van der Waals surface area contributed by atoms with Gasteiger partial charge in [-0.25, -0.2) is 0 Å². The van der Waals surface area contributed by atoms with Crippen molar-refractivity contribution in [1.29, 1.82) is 0 Å². The molecule has 0 bridgehead atoms. The molecule has 0 saturated heterocycles. The summed E-state index contributed by atoms with van der Waals surface area (Å²) < 4.78 is 39.3. The average Bonchev–Trinajstić information content (AvgIpc) is 2.57. The summed E-state index contributed by atoms with van der Waals surface area (Å²) in [6, 6.07) is 0.619. The third kappa shape index (κ3) is 8.81. The van der Waals surface area contributed by atoms with Gasteiger partial charge in [-0.1, -0.05) is 0 Å². The van der Waals surface area contributed by atoms with Gasteiger partial charge in [0.05, 0.1) is 11.2 Å². The topological polar surface area (TPSA) is 155 Å². The van der Waals surface area contributed by atoms with Crippen LogP contribution in [0.4, 0.5) is 0 Å². The predicted octanol–water partition coefficient (Wildman–Crippen LogP) is -0.562. The molecule has 1 aliphatic carbocycles. The van der Waals surface area contributed by atoms with Crippen LogP contribution in [0.2, 0.25) is 6.04 Å². The number of hydrogen-bond acceptors (Lipinski definition) is 7. The molecule has 1 aliphatic rings. The fourth-order valence-electron chi connectivity index (χ4n) is 2.97. The molecule has 0 aliphatic heterocycles. The van der Waals surface area contributed by atoms with Gasteiger partial charge in [-0.3, -0.25) is 4.79 Å². The van der Waals surface area contributed by atoms with Crippen LogP contribution < -0.4 is 5.32 Å². The van der Waals surface area contributed by atoms with Crippen molar-refractivity contribution in [1.82, 2.24) is 5.32 Å². The summed E-state index contributed by atoms with van der Waals surface area (Å²) in [4.78, 5) is 12.2. The molecule has 27 heavy (non-hydrogen) atoms. The zero-order valence-electron chi connectivity index (χ0n) is 16.5. The molecular formula is C15H33NO9OsSi. The molecule has 1 saturated carbocycles. The normalized spacial score (nSPS) is 28.8. The second-order valence-corrected chi connectivity index (χ2v) is 11.4. The van der Waals surface area contributed by atoms with E-state index >= 15 is 0 Å². The van der Waals surface area contributed by atoms with Crippen molar-refractivity contribution >= 4 is 14.7 Å². The monoisotopic (exact) mass is 591 g/mol. The third-order valence-corrected chi connectivity index (χ3v) is 7.88. The fourth-order valence-corrected chi connectivity index (χ4v) is 4.69. The minimum absolute atomic E-state index is 0.0831. The van der Waals surface area contributed by atoms with Gasteiger partial charge in [-0.05, 0) is 39.5 Å². The Hall–Kier alpha value is -0.157. The molecule has 1 fully saturated rings. The molecule has 0 heterocycles. The molecule has 3 unspecified atom stereocenters. The number of hydrogen-bond donors (Lipinski definition) is 5. The van der Waals surface area contributed by atoms with Crippen molar-refractivity contribution < 1.29 is 56.5 Å². The maximum atomic E-state index is 12.2. The number of nitrogens with one attached hydrogen (secondary N) is 1. The van der Waals surface area contributed by atoms with Crippen molar-refractivity contribution in [2.45, 2.75) is 56.8 Å². The summed E-state index contributed by atoms with van der Waals surface area (Å²) in [5.41, 5.74) is -2.40. The molecule has 10 nitrogen and oxygen atoms in total. The van der Waals surface area contributed by atoms with Gasteiger partial charge in [0, 0.05) is 39.8 Å². The van der Waals surface area contributed by atoms with Gasteiger partial charge in [-0.15, -0.1) is 0 Å². The predicted molar refractivity (Wildman–Crippen MR) is 92.9 cm³/mol. The van der Waals surface area contributed by atoms with Gasteiger partial charge in [0.1, 0.15) is 0 Å². The van der Waals surface area contributed by atoms with E-state index in [9.17, 15) is 15.0 Å².